The predicted octanol–water partition coefficient (Wildman–Crippen LogP) is 3.70. The maximum Gasteiger partial charge on any atom is 0.221 e. The van der Waals surface area contributed by atoms with Crippen LogP contribution in [0, 0.1) is 0 Å². The van der Waals surface area contributed by atoms with Crippen LogP contribution in [0.3, 0.4) is 0 Å². The van der Waals surface area contributed by atoms with Crippen molar-refractivity contribution >= 4 is 11.8 Å². The maximum absolute atomic E-state index is 6.01. The molecule has 4 N–H and O–H groups in total. The second kappa shape index (κ2) is 9.14. The van der Waals surface area contributed by atoms with Crippen molar-refractivity contribution < 1.29 is 14.2 Å². The molecule has 1 aromatic heterocycles. The van der Waals surface area contributed by atoms with Crippen LogP contribution in [0.1, 0.15) is 25.0 Å². The number of rotatable bonds is 8. The van der Waals surface area contributed by atoms with Gasteiger partial charge in [0.2, 0.25) is 5.95 Å². The van der Waals surface area contributed by atoms with Crippen molar-refractivity contribution in [3.05, 3.63) is 53.7 Å². The van der Waals surface area contributed by atoms with Gasteiger partial charge in [0.05, 0.1) is 25.9 Å². The molecule has 0 atom stereocenters. The van der Waals surface area contributed by atoms with E-state index in [9.17, 15) is 0 Å². The minimum atomic E-state index is 0.158. The molecule has 29 heavy (non-hydrogen) atoms. The van der Waals surface area contributed by atoms with E-state index >= 15 is 0 Å². The third-order valence-corrected chi connectivity index (χ3v) is 4.42. The fourth-order valence-electron chi connectivity index (χ4n) is 3.12. The van der Waals surface area contributed by atoms with Crippen LogP contribution >= 0.6 is 0 Å². The van der Waals surface area contributed by atoms with Gasteiger partial charge in [-0.1, -0.05) is 12.1 Å². The summed E-state index contributed by atoms with van der Waals surface area (Å²) in [7, 11) is 1.65. The van der Waals surface area contributed by atoms with E-state index < -0.39 is 0 Å². The van der Waals surface area contributed by atoms with Gasteiger partial charge >= 0.3 is 0 Å². The molecule has 2 aromatic carbocycles. The Bertz CT molecular complexity index is 947. The molecular formula is C22H26N4O3. The standard InChI is InChI=1S/C22H26N4O3/c1-4-28-18-11-14(10-16-13-25-22(24)26-21(16)23)12-19(29-5-2)20(18)15-6-8-17(27-3)9-7-15/h6-9,11-13H,4-5,10H2,1-3H3,(H4,23,24,25,26). The third-order valence-electron chi connectivity index (χ3n) is 4.42. The van der Waals surface area contributed by atoms with Crippen molar-refractivity contribution in [2.75, 3.05) is 31.8 Å². The summed E-state index contributed by atoms with van der Waals surface area (Å²) < 4.78 is 17.2. The zero-order valence-electron chi connectivity index (χ0n) is 16.9. The van der Waals surface area contributed by atoms with E-state index in [4.69, 9.17) is 25.7 Å². The quantitative estimate of drug-likeness (QED) is 0.600. The average molecular weight is 394 g/mol. The van der Waals surface area contributed by atoms with Gasteiger partial charge in [-0.05, 0) is 49.2 Å². The Balaban J connectivity index is 2.07. The molecule has 7 nitrogen and oxygen atoms in total. The number of ether oxygens (including phenoxy) is 3. The molecular weight excluding hydrogens is 368 g/mol. The van der Waals surface area contributed by atoms with Crippen LogP contribution < -0.4 is 25.7 Å². The van der Waals surface area contributed by atoms with Gasteiger partial charge in [-0.25, -0.2) is 4.98 Å². The van der Waals surface area contributed by atoms with Crippen molar-refractivity contribution in [2.24, 2.45) is 0 Å². The summed E-state index contributed by atoms with van der Waals surface area (Å²) in [5.74, 6) is 2.81. The van der Waals surface area contributed by atoms with Gasteiger partial charge in [0.25, 0.3) is 0 Å². The molecule has 152 valence electrons. The highest BCUT2D eigenvalue weighted by molar-refractivity contribution is 5.78. The number of benzene rings is 2. The molecule has 0 saturated heterocycles. The van der Waals surface area contributed by atoms with Gasteiger partial charge in [0, 0.05) is 18.2 Å². The van der Waals surface area contributed by atoms with Gasteiger partial charge in [0.1, 0.15) is 23.1 Å². The van der Waals surface area contributed by atoms with Crippen molar-refractivity contribution in [2.45, 2.75) is 20.3 Å². The molecule has 0 saturated carbocycles. The van der Waals surface area contributed by atoms with Crippen LogP contribution in [0.15, 0.2) is 42.6 Å². The fourth-order valence-corrected chi connectivity index (χ4v) is 3.12. The highest BCUT2D eigenvalue weighted by atomic mass is 16.5. The minimum absolute atomic E-state index is 0.158. The Kier molecular flexibility index (Phi) is 6.39. The van der Waals surface area contributed by atoms with Crippen molar-refractivity contribution in [1.29, 1.82) is 0 Å². The number of hydrogen-bond acceptors (Lipinski definition) is 7. The lowest BCUT2D eigenvalue weighted by atomic mass is 9.98. The number of aromatic nitrogens is 2. The van der Waals surface area contributed by atoms with E-state index in [0.29, 0.717) is 25.5 Å². The van der Waals surface area contributed by atoms with E-state index in [-0.39, 0.29) is 5.95 Å². The van der Waals surface area contributed by atoms with E-state index in [2.05, 4.69) is 9.97 Å². The first-order valence-electron chi connectivity index (χ1n) is 9.49. The summed E-state index contributed by atoms with van der Waals surface area (Å²) >= 11 is 0. The van der Waals surface area contributed by atoms with Crippen LogP contribution in [-0.4, -0.2) is 30.3 Å². The summed E-state index contributed by atoms with van der Waals surface area (Å²) in [5, 5.41) is 0. The van der Waals surface area contributed by atoms with Gasteiger partial charge in [-0.2, -0.15) is 4.98 Å². The van der Waals surface area contributed by atoms with Crippen LogP contribution in [-0.2, 0) is 6.42 Å². The van der Waals surface area contributed by atoms with E-state index in [1.54, 1.807) is 13.3 Å². The van der Waals surface area contributed by atoms with Crippen molar-refractivity contribution in [3.63, 3.8) is 0 Å². The molecule has 0 aliphatic heterocycles. The first-order chi connectivity index (χ1) is 14.0. The topological polar surface area (TPSA) is 106 Å². The summed E-state index contributed by atoms with van der Waals surface area (Å²) in [6.07, 6.45) is 2.19. The molecule has 0 amide bonds. The molecule has 0 aliphatic carbocycles. The van der Waals surface area contributed by atoms with Crippen molar-refractivity contribution in [3.8, 4) is 28.4 Å². The first-order valence-corrected chi connectivity index (χ1v) is 9.49. The molecule has 3 aromatic rings. The fraction of sp³-hybridized carbons (Fsp3) is 0.273. The van der Waals surface area contributed by atoms with Gasteiger partial charge < -0.3 is 25.7 Å². The summed E-state index contributed by atoms with van der Waals surface area (Å²) in [5.41, 5.74) is 15.3. The van der Waals surface area contributed by atoms with E-state index in [0.717, 1.165) is 39.5 Å². The summed E-state index contributed by atoms with van der Waals surface area (Å²) in [6, 6.07) is 11.8. The third kappa shape index (κ3) is 4.68. The Labute approximate surface area is 170 Å². The number of hydrogen-bond donors (Lipinski definition) is 2. The number of nitrogens with two attached hydrogens (primary N) is 2. The normalized spacial score (nSPS) is 10.6. The zero-order valence-corrected chi connectivity index (χ0v) is 16.9. The Hall–Kier alpha value is -3.48. The summed E-state index contributed by atoms with van der Waals surface area (Å²) in [4.78, 5) is 8.09. The van der Waals surface area contributed by atoms with Gasteiger partial charge in [-0.15, -0.1) is 0 Å². The van der Waals surface area contributed by atoms with Crippen LogP contribution in [0.25, 0.3) is 11.1 Å². The van der Waals surface area contributed by atoms with Crippen LogP contribution in [0.4, 0.5) is 11.8 Å². The lowest BCUT2D eigenvalue weighted by Crippen LogP contribution is -2.05. The number of nitrogens with zero attached hydrogens (tertiary/aromatic N) is 2. The lowest BCUT2D eigenvalue weighted by molar-refractivity contribution is 0.325. The molecule has 0 unspecified atom stereocenters. The van der Waals surface area contributed by atoms with Crippen LogP contribution in [0.5, 0.6) is 17.2 Å². The molecule has 0 aliphatic rings. The number of methoxy groups -OCH3 is 1. The highest BCUT2D eigenvalue weighted by Gasteiger charge is 2.17. The molecule has 0 radical (unpaired) electrons. The van der Waals surface area contributed by atoms with Crippen molar-refractivity contribution in [1.82, 2.24) is 9.97 Å². The number of nitrogen functional groups attached to an aromatic ring is 2. The average Bonchev–Trinajstić information content (AvgIpc) is 2.71. The second-order valence-electron chi connectivity index (χ2n) is 6.38. The SMILES string of the molecule is CCOc1cc(Cc2cnc(N)nc2N)cc(OCC)c1-c1ccc(OC)cc1. The minimum Gasteiger partial charge on any atom is -0.497 e. The monoisotopic (exact) mass is 394 g/mol. The molecule has 0 fully saturated rings. The molecule has 7 heteroatoms. The molecule has 0 spiro atoms. The molecule has 1 heterocycles. The highest BCUT2D eigenvalue weighted by Crippen LogP contribution is 2.41. The van der Waals surface area contributed by atoms with E-state index in [1.807, 2.05) is 50.2 Å². The van der Waals surface area contributed by atoms with E-state index in [1.165, 1.54) is 0 Å². The molecule has 3 rings (SSSR count). The smallest absolute Gasteiger partial charge is 0.221 e. The second-order valence-corrected chi connectivity index (χ2v) is 6.38. The first kappa shape index (κ1) is 20.3. The summed E-state index contributed by atoms with van der Waals surface area (Å²) in [6.45, 7) is 4.98. The zero-order chi connectivity index (χ0) is 20.8. The Morgan fingerprint density at radius 1 is 0.931 bits per heavy atom. The van der Waals surface area contributed by atoms with Gasteiger partial charge in [-0.3, -0.25) is 0 Å². The maximum atomic E-state index is 6.01. The largest absolute Gasteiger partial charge is 0.497 e. The molecule has 0 bridgehead atoms. The van der Waals surface area contributed by atoms with Crippen LogP contribution in [0.2, 0.25) is 0 Å². The lowest BCUT2D eigenvalue weighted by Gasteiger charge is -2.18. The Morgan fingerprint density at radius 2 is 1.55 bits per heavy atom. The predicted molar refractivity (Wildman–Crippen MR) is 114 cm³/mol. The Morgan fingerprint density at radius 3 is 2.07 bits per heavy atom. The van der Waals surface area contributed by atoms with Gasteiger partial charge in [0.15, 0.2) is 0 Å². The number of anilines is 2.